The number of aliphatic hydroxyl groups excluding tert-OH is 1. The Kier molecular flexibility index (Phi) is 4.36. The molecular formula is C12H16O2. The molecule has 0 aromatic heterocycles. The van der Waals surface area contributed by atoms with E-state index in [1.54, 1.807) is 6.92 Å². The second kappa shape index (κ2) is 5.58. The van der Waals surface area contributed by atoms with Crippen LogP contribution in [0.4, 0.5) is 0 Å². The average Bonchev–Trinajstić information content (AvgIpc) is 2.19. The maximum Gasteiger partial charge on any atom is 0.0978 e. The molecule has 0 spiro atoms. The fraction of sp³-hybridized carbons (Fsp3) is 0.333. The van der Waals surface area contributed by atoms with Crippen molar-refractivity contribution in [1.29, 1.82) is 0 Å². The van der Waals surface area contributed by atoms with E-state index in [1.165, 1.54) is 0 Å². The van der Waals surface area contributed by atoms with Crippen LogP contribution in [-0.2, 0) is 11.3 Å². The fourth-order valence-electron chi connectivity index (χ4n) is 1.00. The molecule has 0 bridgehead atoms. The van der Waals surface area contributed by atoms with Gasteiger partial charge in [-0.05, 0) is 18.1 Å². The zero-order valence-electron chi connectivity index (χ0n) is 8.44. The Morgan fingerprint density at radius 2 is 2.07 bits per heavy atom. The predicted octanol–water partition coefficient (Wildman–Crippen LogP) is 2.14. The molecule has 1 aromatic carbocycles. The lowest BCUT2D eigenvalue weighted by atomic mass is 10.2. The van der Waals surface area contributed by atoms with Crippen molar-refractivity contribution in [1.82, 2.24) is 0 Å². The summed E-state index contributed by atoms with van der Waals surface area (Å²) in [7, 11) is 0. The smallest absolute Gasteiger partial charge is 0.0978 e. The van der Waals surface area contributed by atoms with E-state index in [2.05, 4.69) is 6.58 Å². The zero-order chi connectivity index (χ0) is 10.4. The molecule has 0 saturated carbocycles. The molecule has 14 heavy (non-hydrogen) atoms. The first-order chi connectivity index (χ1) is 6.70. The van der Waals surface area contributed by atoms with Gasteiger partial charge in [0, 0.05) is 0 Å². The number of rotatable bonds is 5. The predicted molar refractivity (Wildman–Crippen MR) is 56.9 cm³/mol. The highest BCUT2D eigenvalue weighted by atomic mass is 16.5. The van der Waals surface area contributed by atoms with Crippen molar-refractivity contribution >= 4 is 0 Å². The second-order valence-corrected chi connectivity index (χ2v) is 3.36. The summed E-state index contributed by atoms with van der Waals surface area (Å²) < 4.78 is 5.33. The number of hydrogen-bond acceptors (Lipinski definition) is 2. The van der Waals surface area contributed by atoms with Crippen molar-refractivity contribution in [3.05, 3.63) is 48.0 Å². The minimum atomic E-state index is -0.557. The lowest BCUT2D eigenvalue weighted by Gasteiger charge is -2.10. The van der Waals surface area contributed by atoms with Crippen molar-refractivity contribution in [3.8, 4) is 0 Å². The molecule has 1 unspecified atom stereocenters. The zero-order valence-corrected chi connectivity index (χ0v) is 8.44. The highest BCUT2D eigenvalue weighted by Crippen LogP contribution is 2.03. The third-order valence-electron chi connectivity index (χ3n) is 1.96. The van der Waals surface area contributed by atoms with Gasteiger partial charge in [-0.25, -0.2) is 0 Å². The highest BCUT2D eigenvalue weighted by Gasteiger charge is 2.03. The van der Waals surface area contributed by atoms with Crippen LogP contribution >= 0.6 is 0 Å². The first-order valence-electron chi connectivity index (χ1n) is 4.65. The van der Waals surface area contributed by atoms with Crippen LogP contribution in [0.5, 0.6) is 0 Å². The van der Waals surface area contributed by atoms with E-state index >= 15 is 0 Å². The molecular weight excluding hydrogens is 176 g/mol. The van der Waals surface area contributed by atoms with Crippen LogP contribution in [0.3, 0.4) is 0 Å². The molecule has 0 amide bonds. The summed E-state index contributed by atoms with van der Waals surface area (Å²) in [6.07, 6.45) is -0.557. The van der Waals surface area contributed by atoms with Gasteiger partial charge in [-0.3, -0.25) is 0 Å². The number of hydrogen-bond donors (Lipinski definition) is 1. The third-order valence-corrected chi connectivity index (χ3v) is 1.96. The monoisotopic (exact) mass is 192 g/mol. The number of ether oxygens (including phenoxy) is 1. The van der Waals surface area contributed by atoms with E-state index in [0.29, 0.717) is 13.2 Å². The normalized spacial score (nSPS) is 12.4. The van der Waals surface area contributed by atoms with Crippen LogP contribution in [0, 0.1) is 0 Å². The second-order valence-electron chi connectivity index (χ2n) is 3.36. The average molecular weight is 192 g/mol. The lowest BCUT2D eigenvalue weighted by molar-refractivity contribution is 0.0455. The summed E-state index contributed by atoms with van der Waals surface area (Å²) in [5, 5.41) is 9.38. The molecule has 0 fully saturated rings. The van der Waals surface area contributed by atoms with Gasteiger partial charge in [0.25, 0.3) is 0 Å². The molecule has 0 saturated heterocycles. The summed E-state index contributed by atoms with van der Waals surface area (Å²) in [5.74, 6) is 0. The van der Waals surface area contributed by atoms with Gasteiger partial charge >= 0.3 is 0 Å². The van der Waals surface area contributed by atoms with Crippen LogP contribution < -0.4 is 0 Å². The third kappa shape index (κ3) is 3.73. The van der Waals surface area contributed by atoms with Gasteiger partial charge in [-0.15, -0.1) is 0 Å². The van der Waals surface area contributed by atoms with Gasteiger partial charge in [-0.2, -0.15) is 0 Å². The summed E-state index contributed by atoms with van der Waals surface area (Å²) in [6.45, 7) is 6.28. The Morgan fingerprint density at radius 3 is 2.64 bits per heavy atom. The van der Waals surface area contributed by atoms with Crippen LogP contribution in [0.2, 0.25) is 0 Å². The SMILES string of the molecule is C=C(C)C(O)COCc1ccccc1. The molecule has 1 rings (SSSR count). The summed E-state index contributed by atoms with van der Waals surface area (Å²) in [4.78, 5) is 0. The van der Waals surface area contributed by atoms with E-state index in [4.69, 9.17) is 4.74 Å². The molecule has 2 heteroatoms. The van der Waals surface area contributed by atoms with Crippen LogP contribution in [0.1, 0.15) is 12.5 Å². The summed E-state index contributed by atoms with van der Waals surface area (Å²) in [6, 6.07) is 9.88. The van der Waals surface area contributed by atoms with Crippen molar-refractivity contribution in [2.45, 2.75) is 19.6 Å². The standard InChI is InChI=1S/C12H16O2/c1-10(2)12(13)9-14-8-11-6-4-3-5-7-11/h3-7,12-13H,1,8-9H2,2H3. The van der Waals surface area contributed by atoms with Gasteiger partial charge in [0.2, 0.25) is 0 Å². The molecule has 2 nitrogen and oxygen atoms in total. The Morgan fingerprint density at radius 1 is 1.43 bits per heavy atom. The molecule has 1 N–H and O–H groups in total. The first-order valence-corrected chi connectivity index (χ1v) is 4.65. The van der Waals surface area contributed by atoms with E-state index in [1.807, 2.05) is 30.3 Å². The van der Waals surface area contributed by atoms with Crippen molar-refractivity contribution in [2.75, 3.05) is 6.61 Å². The minimum Gasteiger partial charge on any atom is -0.386 e. The van der Waals surface area contributed by atoms with Crippen molar-refractivity contribution in [2.24, 2.45) is 0 Å². The quantitative estimate of drug-likeness (QED) is 0.724. The van der Waals surface area contributed by atoms with Crippen LogP contribution in [0.15, 0.2) is 42.5 Å². The molecule has 76 valence electrons. The van der Waals surface area contributed by atoms with Crippen molar-refractivity contribution in [3.63, 3.8) is 0 Å². The van der Waals surface area contributed by atoms with Gasteiger partial charge in [0.15, 0.2) is 0 Å². The minimum absolute atomic E-state index is 0.310. The van der Waals surface area contributed by atoms with Gasteiger partial charge < -0.3 is 9.84 Å². The Balaban J connectivity index is 2.26. The van der Waals surface area contributed by atoms with E-state index in [-0.39, 0.29) is 0 Å². The Labute approximate surface area is 84.8 Å². The number of aliphatic hydroxyl groups is 1. The van der Waals surface area contributed by atoms with Crippen LogP contribution in [-0.4, -0.2) is 17.8 Å². The molecule has 0 heterocycles. The van der Waals surface area contributed by atoms with E-state index in [9.17, 15) is 5.11 Å². The molecule has 0 aliphatic rings. The van der Waals surface area contributed by atoms with Gasteiger partial charge in [0.05, 0.1) is 19.3 Å². The number of benzene rings is 1. The maximum absolute atomic E-state index is 9.38. The highest BCUT2D eigenvalue weighted by molar-refractivity contribution is 5.13. The van der Waals surface area contributed by atoms with Crippen LogP contribution in [0.25, 0.3) is 0 Å². The van der Waals surface area contributed by atoms with Gasteiger partial charge in [0.1, 0.15) is 0 Å². The molecule has 1 atom stereocenters. The molecule has 0 radical (unpaired) electrons. The van der Waals surface area contributed by atoms with E-state index in [0.717, 1.165) is 11.1 Å². The Hall–Kier alpha value is -1.12. The Bertz CT molecular complexity index is 280. The first kappa shape index (κ1) is 11.0. The molecule has 0 aliphatic carbocycles. The summed E-state index contributed by atoms with van der Waals surface area (Å²) in [5.41, 5.74) is 1.85. The van der Waals surface area contributed by atoms with Gasteiger partial charge in [-0.1, -0.05) is 36.9 Å². The maximum atomic E-state index is 9.38. The van der Waals surface area contributed by atoms with E-state index < -0.39 is 6.10 Å². The molecule has 1 aromatic rings. The fourth-order valence-corrected chi connectivity index (χ4v) is 1.00. The topological polar surface area (TPSA) is 29.5 Å². The lowest BCUT2D eigenvalue weighted by Crippen LogP contribution is -2.15. The van der Waals surface area contributed by atoms with Crippen molar-refractivity contribution < 1.29 is 9.84 Å². The molecule has 0 aliphatic heterocycles. The largest absolute Gasteiger partial charge is 0.386 e. The summed E-state index contributed by atoms with van der Waals surface area (Å²) >= 11 is 0.